The number of hydrogen-bond acceptors (Lipinski definition) is 7. The van der Waals surface area contributed by atoms with E-state index in [1.807, 2.05) is 6.07 Å². The molecule has 1 aromatic carbocycles. The van der Waals surface area contributed by atoms with Crippen LogP contribution in [0.25, 0.3) is 0 Å². The standard InChI is InChI=1S/C20H15F4N5O3/c1-10-3-11(7-25)5-13(4-10)32-16-15(18(23)24)26-9-29(20(16)30)8-12-6-14(17(21)22)27-28-19(12)31-2/h3-6,9,17-18H,8H2,1-2H3. The molecule has 8 nitrogen and oxygen atoms in total. The number of nitriles is 1. The van der Waals surface area contributed by atoms with Crippen molar-refractivity contribution >= 4 is 0 Å². The number of methoxy groups -OCH3 is 1. The summed E-state index contributed by atoms with van der Waals surface area (Å²) in [5.41, 5.74) is -1.68. The zero-order valence-corrected chi connectivity index (χ0v) is 16.7. The van der Waals surface area contributed by atoms with Gasteiger partial charge in [0.05, 0.1) is 31.6 Å². The van der Waals surface area contributed by atoms with Gasteiger partial charge in [0.1, 0.15) is 11.4 Å². The van der Waals surface area contributed by atoms with Crippen LogP contribution in [0.3, 0.4) is 0 Å². The van der Waals surface area contributed by atoms with E-state index in [1.165, 1.54) is 19.2 Å². The fourth-order valence-electron chi connectivity index (χ4n) is 2.85. The highest BCUT2D eigenvalue weighted by Gasteiger charge is 2.23. The molecule has 0 aliphatic carbocycles. The molecule has 0 amide bonds. The van der Waals surface area contributed by atoms with Crippen molar-refractivity contribution in [2.24, 2.45) is 0 Å². The van der Waals surface area contributed by atoms with Gasteiger partial charge in [0, 0.05) is 5.56 Å². The molecule has 12 heteroatoms. The Morgan fingerprint density at radius 1 is 1.12 bits per heavy atom. The Kier molecular flexibility index (Phi) is 6.67. The second-order valence-corrected chi connectivity index (χ2v) is 6.55. The third kappa shape index (κ3) is 4.83. The van der Waals surface area contributed by atoms with Crippen LogP contribution in [0, 0.1) is 18.3 Å². The first-order valence-corrected chi connectivity index (χ1v) is 8.99. The minimum atomic E-state index is -3.13. The number of nitrogens with zero attached hydrogens (tertiary/aromatic N) is 5. The van der Waals surface area contributed by atoms with Crippen molar-refractivity contribution in [3.8, 4) is 23.4 Å². The van der Waals surface area contributed by atoms with Gasteiger partial charge in [-0.3, -0.25) is 9.36 Å². The number of aromatic nitrogens is 4. The highest BCUT2D eigenvalue weighted by molar-refractivity contribution is 5.43. The molecule has 0 aliphatic rings. The molecule has 32 heavy (non-hydrogen) atoms. The van der Waals surface area contributed by atoms with Crippen molar-refractivity contribution < 1.29 is 27.0 Å². The second kappa shape index (κ2) is 9.42. The largest absolute Gasteiger partial charge is 0.480 e. The molecule has 0 fully saturated rings. The molecular formula is C20H15F4N5O3. The first-order chi connectivity index (χ1) is 15.2. The van der Waals surface area contributed by atoms with Gasteiger partial charge in [-0.05, 0) is 36.8 Å². The average Bonchev–Trinajstić information content (AvgIpc) is 2.75. The molecule has 0 saturated carbocycles. The molecule has 0 saturated heterocycles. The molecule has 0 radical (unpaired) electrons. The Hall–Kier alpha value is -4.01. The van der Waals surface area contributed by atoms with Crippen molar-refractivity contribution in [2.45, 2.75) is 26.3 Å². The second-order valence-electron chi connectivity index (χ2n) is 6.55. The Labute approximate surface area is 178 Å². The van der Waals surface area contributed by atoms with Gasteiger partial charge in [0.2, 0.25) is 11.6 Å². The van der Waals surface area contributed by atoms with Gasteiger partial charge in [-0.2, -0.15) is 5.26 Å². The van der Waals surface area contributed by atoms with Crippen molar-refractivity contribution in [3.63, 3.8) is 0 Å². The lowest BCUT2D eigenvalue weighted by Crippen LogP contribution is -2.24. The molecule has 0 spiro atoms. The fraction of sp³-hybridized carbons (Fsp3) is 0.250. The first-order valence-electron chi connectivity index (χ1n) is 8.99. The lowest BCUT2D eigenvalue weighted by atomic mass is 10.1. The molecular weight excluding hydrogens is 434 g/mol. The zero-order chi connectivity index (χ0) is 23.4. The van der Waals surface area contributed by atoms with Gasteiger partial charge in [-0.1, -0.05) is 0 Å². The van der Waals surface area contributed by atoms with Gasteiger partial charge < -0.3 is 9.47 Å². The smallest absolute Gasteiger partial charge is 0.297 e. The minimum absolute atomic E-state index is 0.0109. The SMILES string of the molecule is COc1nnc(C(F)F)cc1Cn1cnc(C(F)F)c(Oc2cc(C)cc(C#N)c2)c1=O. The average molecular weight is 449 g/mol. The summed E-state index contributed by atoms with van der Waals surface area (Å²) in [5, 5.41) is 16.0. The summed E-state index contributed by atoms with van der Waals surface area (Å²) in [7, 11) is 1.23. The van der Waals surface area contributed by atoms with Crippen molar-refractivity contribution in [2.75, 3.05) is 7.11 Å². The summed E-state index contributed by atoms with van der Waals surface area (Å²) in [5.74, 6) is -0.894. The predicted octanol–water partition coefficient (Wildman–Crippen LogP) is 3.94. The quantitative estimate of drug-likeness (QED) is 0.504. The van der Waals surface area contributed by atoms with Crippen LogP contribution >= 0.6 is 0 Å². The van der Waals surface area contributed by atoms with Crippen LogP contribution < -0.4 is 15.0 Å². The molecule has 2 heterocycles. The van der Waals surface area contributed by atoms with Crippen molar-refractivity contribution in [3.05, 3.63) is 69.0 Å². The normalized spacial score (nSPS) is 11.0. The van der Waals surface area contributed by atoms with Gasteiger partial charge in [-0.25, -0.2) is 22.5 Å². The van der Waals surface area contributed by atoms with E-state index in [0.717, 1.165) is 17.0 Å². The van der Waals surface area contributed by atoms with E-state index in [0.29, 0.717) is 5.56 Å². The molecule has 0 atom stereocenters. The Morgan fingerprint density at radius 3 is 2.50 bits per heavy atom. The van der Waals surface area contributed by atoms with E-state index in [2.05, 4.69) is 15.2 Å². The van der Waals surface area contributed by atoms with Crippen LogP contribution in [-0.4, -0.2) is 26.9 Å². The van der Waals surface area contributed by atoms with E-state index in [9.17, 15) is 22.4 Å². The van der Waals surface area contributed by atoms with Crippen LogP contribution in [0.4, 0.5) is 17.6 Å². The summed E-state index contributed by atoms with van der Waals surface area (Å²) in [6.07, 6.45) is -5.21. The summed E-state index contributed by atoms with van der Waals surface area (Å²) in [6, 6.07) is 7.18. The number of alkyl halides is 4. The van der Waals surface area contributed by atoms with Crippen molar-refractivity contribution in [1.29, 1.82) is 5.26 Å². The molecule has 166 valence electrons. The number of hydrogen-bond donors (Lipinski definition) is 0. The number of aryl methyl sites for hydroxylation is 1. The van der Waals surface area contributed by atoms with Crippen molar-refractivity contribution in [1.82, 2.24) is 19.7 Å². The highest BCUT2D eigenvalue weighted by Crippen LogP contribution is 2.29. The van der Waals surface area contributed by atoms with E-state index in [-0.39, 0.29) is 29.3 Å². The van der Waals surface area contributed by atoms with E-state index >= 15 is 0 Å². The molecule has 0 N–H and O–H groups in total. The zero-order valence-electron chi connectivity index (χ0n) is 16.7. The third-order valence-electron chi connectivity index (χ3n) is 4.24. The Morgan fingerprint density at radius 2 is 1.88 bits per heavy atom. The minimum Gasteiger partial charge on any atom is -0.480 e. The number of halogens is 4. The molecule has 0 bridgehead atoms. The summed E-state index contributed by atoms with van der Waals surface area (Å²) >= 11 is 0. The third-order valence-corrected chi connectivity index (χ3v) is 4.24. The lowest BCUT2D eigenvalue weighted by Gasteiger charge is -2.14. The summed E-state index contributed by atoms with van der Waals surface area (Å²) in [6.45, 7) is 1.29. The van der Waals surface area contributed by atoms with Crippen LogP contribution in [0.15, 0.2) is 35.4 Å². The molecule has 3 rings (SSSR count). The molecule has 3 aromatic rings. The lowest BCUT2D eigenvalue weighted by molar-refractivity contribution is 0.141. The van der Waals surface area contributed by atoms with Crippen LogP contribution in [0.1, 0.15) is 40.9 Å². The van der Waals surface area contributed by atoms with Gasteiger partial charge in [0.25, 0.3) is 18.4 Å². The number of ether oxygens (including phenoxy) is 2. The van der Waals surface area contributed by atoms with Gasteiger partial charge in [0.15, 0.2) is 5.69 Å². The molecule has 2 aromatic heterocycles. The van der Waals surface area contributed by atoms with Crippen LogP contribution in [0.5, 0.6) is 17.4 Å². The fourth-order valence-corrected chi connectivity index (χ4v) is 2.85. The Balaban J connectivity index is 2.08. The van der Waals surface area contributed by atoms with E-state index in [4.69, 9.17) is 14.7 Å². The maximum atomic E-state index is 13.5. The van der Waals surface area contributed by atoms with Gasteiger partial charge in [-0.15, -0.1) is 10.2 Å². The van der Waals surface area contributed by atoms with Crippen LogP contribution in [0.2, 0.25) is 0 Å². The Bertz CT molecular complexity index is 1240. The summed E-state index contributed by atoms with van der Waals surface area (Å²) in [4.78, 5) is 16.5. The monoisotopic (exact) mass is 449 g/mol. The van der Waals surface area contributed by atoms with Gasteiger partial charge >= 0.3 is 0 Å². The highest BCUT2D eigenvalue weighted by atomic mass is 19.3. The number of benzene rings is 1. The van der Waals surface area contributed by atoms with E-state index in [1.54, 1.807) is 13.0 Å². The molecule has 0 unspecified atom stereocenters. The number of rotatable bonds is 7. The maximum absolute atomic E-state index is 13.5. The maximum Gasteiger partial charge on any atom is 0.297 e. The van der Waals surface area contributed by atoms with E-state index < -0.39 is 35.5 Å². The van der Waals surface area contributed by atoms with Crippen LogP contribution in [-0.2, 0) is 6.54 Å². The topological polar surface area (TPSA) is 103 Å². The summed E-state index contributed by atoms with van der Waals surface area (Å²) < 4.78 is 64.2. The first kappa shape index (κ1) is 22.7. The predicted molar refractivity (Wildman–Crippen MR) is 102 cm³/mol. The molecule has 0 aliphatic heterocycles.